The number of nitrogens with zero attached hydrogens (tertiary/aromatic N) is 2. The van der Waals surface area contributed by atoms with E-state index >= 15 is 0 Å². The van der Waals surface area contributed by atoms with Gasteiger partial charge >= 0.3 is 0 Å². The second-order valence-electron chi connectivity index (χ2n) is 3.98. The summed E-state index contributed by atoms with van der Waals surface area (Å²) < 4.78 is 28.4. The van der Waals surface area contributed by atoms with Crippen LogP contribution in [0.5, 0.6) is 0 Å². The lowest BCUT2D eigenvalue weighted by atomic mass is 10.2. The molecule has 0 fully saturated rings. The highest BCUT2D eigenvalue weighted by atomic mass is 19.1. The Hall–Kier alpha value is -2.24. The monoisotopic (exact) mass is 265 g/mol. The van der Waals surface area contributed by atoms with Crippen molar-refractivity contribution in [3.63, 3.8) is 0 Å². The maximum atomic E-state index is 13.3. The fourth-order valence-corrected chi connectivity index (χ4v) is 1.68. The van der Waals surface area contributed by atoms with E-state index in [9.17, 15) is 13.6 Å². The zero-order chi connectivity index (χ0) is 13.7. The third kappa shape index (κ3) is 3.37. The minimum Gasteiger partial charge on any atom is -0.352 e. The summed E-state index contributed by atoms with van der Waals surface area (Å²) >= 11 is 0. The number of halogens is 2. The van der Waals surface area contributed by atoms with Gasteiger partial charge in [0, 0.05) is 25.5 Å². The van der Waals surface area contributed by atoms with Gasteiger partial charge in [-0.3, -0.25) is 9.48 Å². The SMILES string of the molecule is O=C(NCCCn1cccn1)c1c(F)cccc1F. The van der Waals surface area contributed by atoms with Gasteiger partial charge in [0.05, 0.1) is 0 Å². The number of aromatic nitrogens is 2. The third-order valence-corrected chi connectivity index (χ3v) is 2.60. The molecule has 0 unspecified atom stereocenters. The molecule has 0 aliphatic rings. The molecule has 19 heavy (non-hydrogen) atoms. The molecule has 0 saturated heterocycles. The number of nitrogens with one attached hydrogen (secondary N) is 1. The van der Waals surface area contributed by atoms with Crippen LogP contribution < -0.4 is 5.32 Å². The van der Waals surface area contributed by atoms with E-state index in [1.807, 2.05) is 0 Å². The zero-order valence-electron chi connectivity index (χ0n) is 10.1. The first-order valence-corrected chi connectivity index (χ1v) is 5.88. The first-order chi connectivity index (χ1) is 9.18. The number of carbonyl (C=O) groups excluding carboxylic acids is 1. The summed E-state index contributed by atoms with van der Waals surface area (Å²) in [5.74, 6) is -2.45. The highest BCUT2D eigenvalue weighted by Gasteiger charge is 2.15. The number of hydrogen-bond donors (Lipinski definition) is 1. The molecule has 1 aromatic carbocycles. The lowest BCUT2D eigenvalue weighted by Gasteiger charge is -2.07. The largest absolute Gasteiger partial charge is 0.352 e. The third-order valence-electron chi connectivity index (χ3n) is 2.60. The van der Waals surface area contributed by atoms with Crippen LogP contribution in [-0.2, 0) is 6.54 Å². The van der Waals surface area contributed by atoms with Gasteiger partial charge in [-0.15, -0.1) is 0 Å². The Bertz CT molecular complexity index is 535. The molecule has 6 heteroatoms. The minimum atomic E-state index is -0.857. The van der Waals surface area contributed by atoms with Crippen LogP contribution in [0.1, 0.15) is 16.8 Å². The van der Waals surface area contributed by atoms with Crippen LogP contribution in [0.25, 0.3) is 0 Å². The molecule has 0 aliphatic heterocycles. The van der Waals surface area contributed by atoms with Crippen LogP contribution >= 0.6 is 0 Å². The molecule has 0 radical (unpaired) electrons. The summed E-state index contributed by atoms with van der Waals surface area (Å²) in [4.78, 5) is 11.6. The summed E-state index contributed by atoms with van der Waals surface area (Å²) in [7, 11) is 0. The van der Waals surface area contributed by atoms with Gasteiger partial charge < -0.3 is 5.32 Å². The average molecular weight is 265 g/mol. The molecule has 1 aromatic heterocycles. The van der Waals surface area contributed by atoms with Crippen molar-refractivity contribution in [3.05, 3.63) is 53.9 Å². The number of hydrogen-bond acceptors (Lipinski definition) is 2. The average Bonchev–Trinajstić information content (AvgIpc) is 2.87. The summed E-state index contributed by atoms with van der Waals surface area (Å²) in [6.07, 6.45) is 4.09. The van der Waals surface area contributed by atoms with Gasteiger partial charge in [0.2, 0.25) is 0 Å². The molecule has 1 amide bonds. The molecule has 1 heterocycles. The van der Waals surface area contributed by atoms with E-state index in [1.54, 1.807) is 23.1 Å². The van der Waals surface area contributed by atoms with E-state index in [2.05, 4.69) is 10.4 Å². The van der Waals surface area contributed by atoms with E-state index < -0.39 is 23.1 Å². The highest BCUT2D eigenvalue weighted by Crippen LogP contribution is 2.11. The Morgan fingerprint density at radius 3 is 2.63 bits per heavy atom. The first kappa shape index (κ1) is 13.2. The van der Waals surface area contributed by atoms with Crippen molar-refractivity contribution in [3.8, 4) is 0 Å². The Morgan fingerprint density at radius 2 is 2.00 bits per heavy atom. The van der Waals surface area contributed by atoms with Gasteiger partial charge in [0.15, 0.2) is 0 Å². The predicted octanol–water partition coefficient (Wildman–Crippen LogP) is 1.98. The number of benzene rings is 1. The van der Waals surface area contributed by atoms with Crippen molar-refractivity contribution in [2.75, 3.05) is 6.54 Å². The van der Waals surface area contributed by atoms with Crippen LogP contribution in [0.2, 0.25) is 0 Å². The molecule has 0 bridgehead atoms. The Kier molecular flexibility index (Phi) is 4.22. The molecule has 2 rings (SSSR count). The van der Waals surface area contributed by atoms with Crippen molar-refractivity contribution in [1.29, 1.82) is 0 Å². The van der Waals surface area contributed by atoms with Gasteiger partial charge in [-0.2, -0.15) is 5.10 Å². The van der Waals surface area contributed by atoms with Gasteiger partial charge in [-0.25, -0.2) is 8.78 Å². The van der Waals surface area contributed by atoms with Crippen LogP contribution in [-0.4, -0.2) is 22.2 Å². The van der Waals surface area contributed by atoms with E-state index in [0.717, 1.165) is 12.1 Å². The minimum absolute atomic E-state index is 0.326. The molecule has 1 N–H and O–H groups in total. The van der Waals surface area contributed by atoms with E-state index in [1.165, 1.54) is 6.07 Å². The summed E-state index contributed by atoms with van der Waals surface area (Å²) in [6.45, 7) is 0.958. The highest BCUT2D eigenvalue weighted by molar-refractivity contribution is 5.94. The van der Waals surface area contributed by atoms with Crippen LogP contribution in [0.3, 0.4) is 0 Å². The van der Waals surface area contributed by atoms with Gasteiger partial charge in [-0.05, 0) is 24.6 Å². The lowest BCUT2D eigenvalue weighted by molar-refractivity contribution is 0.0944. The normalized spacial score (nSPS) is 10.4. The Labute approximate surface area is 109 Å². The molecule has 0 saturated carbocycles. The Morgan fingerprint density at radius 1 is 1.26 bits per heavy atom. The number of amides is 1. The zero-order valence-corrected chi connectivity index (χ0v) is 10.1. The number of rotatable bonds is 5. The van der Waals surface area contributed by atoms with E-state index in [0.29, 0.717) is 19.5 Å². The van der Waals surface area contributed by atoms with E-state index in [-0.39, 0.29) is 0 Å². The van der Waals surface area contributed by atoms with E-state index in [4.69, 9.17) is 0 Å². The standard InChI is InChI=1S/C13H13F2N3O/c14-10-4-1-5-11(15)12(10)13(19)16-6-2-8-18-9-3-7-17-18/h1,3-5,7,9H,2,6,8H2,(H,16,19). The maximum absolute atomic E-state index is 13.3. The maximum Gasteiger partial charge on any atom is 0.257 e. The van der Waals surface area contributed by atoms with Crippen LogP contribution in [0, 0.1) is 11.6 Å². The van der Waals surface area contributed by atoms with Crippen molar-refractivity contribution in [2.24, 2.45) is 0 Å². The number of carbonyl (C=O) groups is 1. The fourth-order valence-electron chi connectivity index (χ4n) is 1.68. The van der Waals surface area contributed by atoms with Crippen LogP contribution in [0.4, 0.5) is 8.78 Å². The van der Waals surface area contributed by atoms with Gasteiger partial charge in [0.25, 0.3) is 5.91 Å². The fraction of sp³-hybridized carbons (Fsp3) is 0.231. The molecule has 4 nitrogen and oxygen atoms in total. The summed E-state index contributed by atoms with van der Waals surface area (Å²) in [6, 6.07) is 5.13. The molecular formula is C13H13F2N3O. The molecule has 2 aromatic rings. The molecule has 0 atom stereocenters. The summed E-state index contributed by atoms with van der Waals surface area (Å²) in [5.41, 5.74) is -0.540. The van der Waals surface area contributed by atoms with Gasteiger partial charge in [0.1, 0.15) is 17.2 Å². The number of aryl methyl sites for hydroxylation is 1. The van der Waals surface area contributed by atoms with Crippen molar-refractivity contribution in [2.45, 2.75) is 13.0 Å². The first-order valence-electron chi connectivity index (χ1n) is 5.88. The van der Waals surface area contributed by atoms with Gasteiger partial charge in [-0.1, -0.05) is 6.07 Å². The Balaban J connectivity index is 1.84. The lowest BCUT2D eigenvalue weighted by Crippen LogP contribution is -2.27. The second-order valence-corrected chi connectivity index (χ2v) is 3.98. The molecule has 0 aliphatic carbocycles. The second kappa shape index (κ2) is 6.08. The quantitative estimate of drug-likeness (QED) is 0.840. The molecule has 100 valence electrons. The molecular weight excluding hydrogens is 252 g/mol. The van der Waals surface area contributed by atoms with Crippen molar-refractivity contribution >= 4 is 5.91 Å². The predicted molar refractivity (Wildman–Crippen MR) is 65.5 cm³/mol. The molecule has 0 spiro atoms. The topological polar surface area (TPSA) is 46.9 Å². The summed E-state index contributed by atoms with van der Waals surface area (Å²) in [5, 5.41) is 6.49. The smallest absolute Gasteiger partial charge is 0.257 e. The van der Waals surface area contributed by atoms with Crippen molar-refractivity contribution < 1.29 is 13.6 Å². The van der Waals surface area contributed by atoms with Crippen molar-refractivity contribution in [1.82, 2.24) is 15.1 Å². The van der Waals surface area contributed by atoms with Crippen LogP contribution in [0.15, 0.2) is 36.7 Å².